The minimum Gasteiger partial charge on any atom is -0.496 e. The standard InChI is InChI=1S/C19H24N4O3/c1-6-13-14(8-7-9-16(13)26-5)17(24)22-23(19(2,3)4)18(25)15-12-20-10-11-21-15/h7-12H,6H2,1-5H3,(H,22,24). The molecule has 0 saturated heterocycles. The molecular weight excluding hydrogens is 332 g/mol. The number of hydrazine groups is 1. The van der Waals surface area contributed by atoms with Crippen LogP contribution >= 0.6 is 0 Å². The highest BCUT2D eigenvalue weighted by Crippen LogP contribution is 2.23. The molecule has 0 bridgehead atoms. The first-order valence-electron chi connectivity index (χ1n) is 8.37. The maximum absolute atomic E-state index is 12.9. The number of nitrogens with zero attached hydrogens (tertiary/aromatic N) is 3. The van der Waals surface area contributed by atoms with Crippen LogP contribution < -0.4 is 10.2 Å². The summed E-state index contributed by atoms with van der Waals surface area (Å²) < 4.78 is 5.34. The minimum absolute atomic E-state index is 0.157. The van der Waals surface area contributed by atoms with Crippen molar-refractivity contribution >= 4 is 11.8 Å². The second-order valence-electron chi connectivity index (χ2n) is 6.68. The maximum Gasteiger partial charge on any atom is 0.292 e. The molecule has 138 valence electrons. The number of carbonyl (C=O) groups excluding carboxylic acids is 2. The van der Waals surface area contributed by atoms with Crippen molar-refractivity contribution in [2.45, 2.75) is 39.7 Å². The summed E-state index contributed by atoms with van der Waals surface area (Å²) in [5.41, 5.74) is 3.47. The van der Waals surface area contributed by atoms with Gasteiger partial charge in [0.25, 0.3) is 11.8 Å². The Morgan fingerprint density at radius 3 is 2.50 bits per heavy atom. The average molecular weight is 356 g/mol. The summed E-state index contributed by atoms with van der Waals surface area (Å²) in [6.45, 7) is 7.43. The van der Waals surface area contributed by atoms with Crippen LogP contribution in [0, 0.1) is 0 Å². The van der Waals surface area contributed by atoms with Crippen LogP contribution in [0.25, 0.3) is 0 Å². The van der Waals surface area contributed by atoms with E-state index in [9.17, 15) is 9.59 Å². The van der Waals surface area contributed by atoms with Crippen molar-refractivity contribution in [1.82, 2.24) is 20.4 Å². The first kappa shape index (κ1) is 19.4. The van der Waals surface area contributed by atoms with Gasteiger partial charge in [0.1, 0.15) is 11.4 Å². The molecule has 2 amide bonds. The predicted molar refractivity (Wildman–Crippen MR) is 97.8 cm³/mol. The van der Waals surface area contributed by atoms with Gasteiger partial charge >= 0.3 is 0 Å². The van der Waals surface area contributed by atoms with Gasteiger partial charge < -0.3 is 4.74 Å². The summed E-state index contributed by atoms with van der Waals surface area (Å²) >= 11 is 0. The Balaban J connectivity index is 2.36. The number of rotatable bonds is 4. The molecule has 1 N–H and O–H groups in total. The van der Waals surface area contributed by atoms with Gasteiger partial charge in [0.05, 0.1) is 18.8 Å². The molecular formula is C19H24N4O3. The first-order valence-corrected chi connectivity index (χ1v) is 8.37. The van der Waals surface area contributed by atoms with Gasteiger partial charge in [-0.15, -0.1) is 0 Å². The Morgan fingerprint density at radius 1 is 1.23 bits per heavy atom. The number of nitrogens with one attached hydrogen (secondary N) is 1. The van der Waals surface area contributed by atoms with E-state index in [1.165, 1.54) is 23.6 Å². The van der Waals surface area contributed by atoms with Crippen molar-refractivity contribution in [3.63, 3.8) is 0 Å². The fourth-order valence-corrected chi connectivity index (χ4v) is 2.54. The van der Waals surface area contributed by atoms with E-state index >= 15 is 0 Å². The van der Waals surface area contributed by atoms with Crippen LogP contribution in [0.2, 0.25) is 0 Å². The highest BCUT2D eigenvalue weighted by molar-refractivity contribution is 5.99. The third kappa shape index (κ3) is 4.17. The van der Waals surface area contributed by atoms with Gasteiger partial charge in [0.2, 0.25) is 0 Å². The first-order chi connectivity index (χ1) is 12.3. The summed E-state index contributed by atoms with van der Waals surface area (Å²) in [7, 11) is 1.56. The van der Waals surface area contributed by atoms with Crippen molar-refractivity contribution in [3.05, 3.63) is 53.6 Å². The molecule has 0 unspecified atom stereocenters. The Labute approximate surface area is 153 Å². The van der Waals surface area contributed by atoms with E-state index in [0.717, 1.165) is 5.56 Å². The summed E-state index contributed by atoms with van der Waals surface area (Å²) in [6, 6.07) is 5.27. The second kappa shape index (κ2) is 7.95. The molecule has 0 spiro atoms. The summed E-state index contributed by atoms with van der Waals surface area (Å²) in [4.78, 5) is 33.7. The Morgan fingerprint density at radius 2 is 1.96 bits per heavy atom. The number of methoxy groups -OCH3 is 1. The molecule has 1 aromatic heterocycles. The average Bonchev–Trinajstić information content (AvgIpc) is 2.64. The van der Waals surface area contributed by atoms with Crippen LogP contribution in [0.4, 0.5) is 0 Å². The molecule has 7 nitrogen and oxygen atoms in total. The smallest absolute Gasteiger partial charge is 0.292 e. The number of ether oxygens (including phenoxy) is 1. The number of carbonyl (C=O) groups is 2. The van der Waals surface area contributed by atoms with Crippen LogP contribution in [0.3, 0.4) is 0 Å². The van der Waals surface area contributed by atoms with Crippen LogP contribution in [0.15, 0.2) is 36.8 Å². The molecule has 2 aromatic rings. The van der Waals surface area contributed by atoms with Crippen LogP contribution in [-0.4, -0.2) is 39.4 Å². The van der Waals surface area contributed by atoms with E-state index in [1.807, 2.05) is 33.8 Å². The van der Waals surface area contributed by atoms with E-state index in [-0.39, 0.29) is 11.6 Å². The zero-order valence-electron chi connectivity index (χ0n) is 15.7. The molecule has 0 radical (unpaired) electrons. The number of benzene rings is 1. The third-order valence-corrected chi connectivity index (χ3v) is 3.82. The van der Waals surface area contributed by atoms with Gasteiger partial charge in [-0.2, -0.15) is 0 Å². The maximum atomic E-state index is 12.9. The van der Waals surface area contributed by atoms with E-state index in [4.69, 9.17) is 4.74 Å². The lowest BCUT2D eigenvalue weighted by Gasteiger charge is -2.35. The fraction of sp³-hybridized carbons (Fsp3) is 0.368. The highest BCUT2D eigenvalue weighted by atomic mass is 16.5. The molecule has 2 rings (SSSR count). The Kier molecular flexibility index (Phi) is 5.92. The molecule has 26 heavy (non-hydrogen) atoms. The number of amides is 2. The summed E-state index contributed by atoms with van der Waals surface area (Å²) in [5.74, 6) is -0.171. The Bertz CT molecular complexity index is 785. The van der Waals surface area contributed by atoms with Crippen LogP contribution in [0.1, 0.15) is 54.1 Å². The van der Waals surface area contributed by atoms with Crippen molar-refractivity contribution in [2.24, 2.45) is 0 Å². The van der Waals surface area contributed by atoms with Gasteiger partial charge in [0.15, 0.2) is 0 Å². The topological polar surface area (TPSA) is 84.4 Å². The predicted octanol–water partition coefficient (Wildman–Crippen LogP) is 2.63. The van der Waals surface area contributed by atoms with E-state index in [1.54, 1.807) is 19.2 Å². The molecule has 0 atom stereocenters. The monoisotopic (exact) mass is 356 g/mol. The zero-order chi connectivity index (χ0) is 19.3. The van der Waals surface area contributed by atoms with E-state index < -0.39 is 11.4 Å². The van der Waals surface area contributed by atoms with Gasteiger partial charge in [-0.3, -0.25) is 20.0 Å². The molecule has 0 aliphatic carbocycles. The molecule has 7 heteroatoms. The van der Waals surface area contributed by atoms with Crippen LogP contribution in [-0.2, 0) is 6.42 Å². The SMILES string of the molecule is CCc1c(OC)cccc1C(=O)NN(C(=O)c1cnccn1)C(C)(C)C. The Hall–Kier alpha value is -2.96. The number of aromatic nitrogens is 2. The second-order valence-corrected chi connectivity index (χ2v) is 6.68. The molecule has 0 aliphatic heterocycles. The lowest BCUT2D eigenvalue weighted by Crippen LogP contribution is -2.56. The van der Waals surface area contributed by atoms with E-state index in [2.05, 4.69) is 15.4 Å². The summed E-state index contributed by atoms with van der Waals surface area (Å²) in [5, 5.41) is 1.28. The van der Waals surface area contributed by atoms with Gasteiger partial charge in [-0.25, -0.2) is 9.99 Å². The normalized spacial score (nSPS) is 11.0. The zero-order valence-corrected chi connectivity index (χ0v) is 15.7. The fourth-order valence-electron chi connectivity index (χ4n) is 2.54. The molecule has 1 heterocycles. The van der Waals surface area contributed by atoms with Crippen LogP contribution in [0.5, 0.6) is 5.75 Å². The van der Waals surface area contributed by atoms with Gasteiger partial charge in [0, 0.05) is 23.5 Å². The van der Waals surface area contributed by atoms with Crippen molar-refractivity contribution < 1.29 is 14.3 Å². The molecule has 0 fully saturated rings. The third-order valence-electron chi connectivity index (χ3n) is 3.82. The number of hydrogen-bond donors (Lipinski definition) is 1. The van der Waals surface area contributed by atoms with E-state index in [0.29, 0.717) is 17.7 Å². The molecule has 0 saturated carbocycles. The van der Waals surface area contributed by atoms with Gasteiger partial charge in [-0.1, -0.05) is 13.0 Å². The van der Waals surface area contributed by atoms with Crippen molar-refractivity contribution in [1.29, 1.82) is 0 Å². The molecule has 0 aliphatic rings. The minimum atomic E-state index is -0.657. The summed E-state index contributed by atoms with van der Waals surface area (Å²) in [6.07, 6.45) is 4.92. The van der Waals surface area contributed by atoms with Crippen molar-refractivity contribution in [3.8, 4) is 5.75 Å². The number of hydrogen-bond acceptors (Lipinski definition) is 5. The highest BCUT2D eigenvalue weighted by Gasteiger charge is 2.31. The van der Waals surface area contributed by atoms with Gasteiger partial charge in [-0.05, 0) is 39.3 Å². The molecule has 1 aromatic carbocycles. The quantitative estimate of drug-likeness (QED) is 0.852. The largest absolute Gasteiger partial charge is 0.496 e. The van der Waals surface area contributed by atoms with Crippen molar-refractivity contribution in [2.75, 3.05) is 7.11 Å². The lowest BCUT2D eigenvalue weighted by molar-refractivity contribution is 0.0353. The lowest BCUT2D eigenvalue weighted by atomic mass is 10.0.